The maximum atomic E-state index is 11.9. The maximum absolute atomic E-state index is 11.9. The van der Waals surface area contributed by atoms with Gasteiger partial charge >= 0.3 is 0 Å². The van der Waals surface area contributed by atoms with Crippen molar-refractivity contribution in [3.8, 4) is 17.1 Å². The Morgan fingerprint density at radius 3 is 2.81 bits per heavy atom. The molecule has 1 aromatic carbocycles. The summed E-state index contributed by atoms with van der Waals surface area (Å²) in [4.78, 5) is 20.3. The lowest BCUT2D eigenvalue weighted by atomic mass is 10.2. The minimum absolute atomic E-state index is 0.152. The summed E-state index contributed by atoms with van der Waals surface area (Å²) in [5.74, 6) is 0.970. The minimum Gasteiger partial charge on any atom is -0.496 e. The van der Waals surface area contributed by atoms with Crippen molar-refractivity contribution in [3.05, 3.63) is 36.0 Å². The van der Waals surface area contributed by atoms with Gasteiger partial charge in [-0.2, -0.15) is 0 Å². The first-order valence-corrected chi connectivity index (χ1v) is 6.71. The molecule has 2 rings (SSSR count). The quantitative estimate of drug-likeness (QED) is 0.875. The number of nitrogens with two attached hydrogens (primary N) is 1. The average Bonchev–Trinajstić information content (AvgIpc) is 2.52. The molecule has 0 unspecified atom stereocenters. The van der Waals surface area contributed by atoms with Gasteiger partial charge in [-0.05, 0) is 18.6 Å². The largest absolute Gasteiger partial charge is 0.496 e. The highest BCUT2D eigenvalue weighted by Crippen LogP contribution is 2.27. The van der Waals surface area contributed by atoms with E-state index in [0.717, 1.165) is 12.0 Å². The van der Waals surface area contributed by atoms with Crippen molar-refractivity contribution >= 4 is 11.7 Å². The van der Waals surface area contributed by atoms with E-state index in [4.69, 9.17) is 10.5 Å². The number of anilines is 1. The summed E-state index contributed by atoms with van der Waals surface area (Å²) < 4.78 is 5.27. The van der Waals surface area contributed by atoms with E-state index in [1.54, 1.807) is 7.11 Å². The van der Waals surface area contributed by atoms with E-state index < -0.39 is 0 Å². The van der Waals surface area contributed by atoms with Gasteiger partial charge < -0.3 is 15.8 Å². The van der Waals surface area contributed by atoms with Crippen LogP contribution >= 0.6 is 0 Å². The fraction of sp³-hybridized carbons (Fsp3) is 0.267. The van der Waals surface area contributed by atoms with Gasteiger partial charge in [0.15, 0.2) is 5.82 Å². The second kappa shape index (κ2) is 6.69. The van der Waals surface area contributed by atoms with Gasteiger partial charge in [0, 0.05) is 12.7 Å². The number of hydrogen-bond acceptors (Lipinski definition) is 5. The molecule has 6 heteroatoms. The lowest BCUT2D eigenvalue weighted by Crippen LogP contribution is -2.25. The van der Waals surface area contributed by atoms with Gasteiger partial charge in [-0.1, -0.05) is 19.1 Å². The van der Waals surface area contributed by atoms with E-state index in [2.05, 4.69) is 15.3 Å². The fourth-order valence-corrected chi connectivity index (χ4v) is 1.86. The molecule has 0 aliphatic carbocycles. The van der Waals surface area contributed by atoms with Gasteiger partial charge in [0.25, 0.3) is 5.91 Å². The molecular formula is C15H18N4O2. The number of methoxy groups -OCH3 is 1. The highest BCUT2D eigenvalue weighted by molar-refractivity contribution is 5.98. The number of benzene rings is 1. The number of amides is 1. The van der Waals surface area contributed by atoms with Gasteiger partial charge in [0.05, 0.1) is 18.2 Å². The molecule has 0 spiro atoms. The van der Waals surface area contributed by atoms with Crippen molar-refractivity contribution in [2.45, 2.75) is 13.3 Å². The standard InChI is InChI=1S/C15H18N4O2/c1-3-8-17-15(20)11-9-18-14(19-13(11)16)10-6-4-5-7-12(10)21-2/h4-7,9H,3,8H2,1-2H3,(H,17,20)(H2,16,18,19). The van der Waals surface area contributed by atoms with E-state index in [1.165, 1.54) is 6.20 Å². The predicted molar refractivity (Wildman–Crippen MR) is 81.1 cm³/mol. The molecule has 0 fully saturated rings. The Bertz CT molecular complexity index is 643. The van der Waals surface area contributed by atoms with E-state index in [9.17, 15) is 4.79 Å². The van der Waals surface area contributed by atoms with Gasteiger partial charge in [-0.15, -0.1) is 0 Å². The van der Waals surface area contributed by atoms with Crippen molar-refractivity contribution in [2.24, 2.45) is 0 Å². The number of nitrogens with one attached hydrogen (secondary N) is 1. The zero-order valence-electron chi connectivity index (χ0n) is 12.1. The van der Waals surface area contributed by atoms with Crippen LogP contribution in [0.15, 0.2) is 30.5 Å². The third kappa shape index (κ3) is 3.28. The van der Waals surface area contributed by atoms with Crippen molar-refractivity contribution in [2.75, 3.05) is 19.4 Å². The molecule has 110 valence electrons. The Kier molecular flexibility index (Phi) is 4.71. The van der Waals surface area contributed by atoms with Crippen LogP contribution in [0.1, 0.15) is 23.7 Å². The Labute approximate surface area is 123 Å². The molecule has 3 N–H and O–H groups in total. The number of nitrogens with zero attached hydrogens (tertiary/aromatic N) is 2. The smallest absolute Gasteiger partial charge is 0.256 e. The number of carbonyl (C=O) groups excluding carboxylic acids is 1. The van der Waals surface area contributed by atoms with Crippen LogP contribution in [0.25, 0.3) is 11.4 Å². The summed E-state index contributed by atoms with van der Waals surface area (Å²) >= 11 is 0. The molecule has 1 aromatic heterocycles. The van der Waals surface area contributed by atoms with E-state index in [1.807, 2.05) is 31.2 Å². The molecule has 1 amide bonds. The number of aromatic nitrogens is 2. The summed E-state index contributed by atoms with van der Waals surface area (Å²) in [5.41, 5.74) is 6.88. The second-order valence-corrected chi connectivity index (χ2v) is 4.45. The SMILES string of the molecule is CCCNC(=O)c1cnc(-c2ccccc2OC)nc1N. The molecule has 0 saturated heterocycles. The van der Waals surface area contributed by atoms with Crippen LogP contribution in [0.3, 0.4) is 0 Å². The van der Waals surface area contributed by atoms with Crippen molar-refractivity contribution < 1.29 is 9.53 Å². The summed E-state index contributed by atoms with van der Waals surface area (Å²) in [6.07, 6.45) is 2.29. The highest BCUT2D eigenvalue weighted by atomic mass is 16.5. The Morgan fingerprint density at radius 1 is 1.38 bits per heavy atom. The zero-order valence-corrected chi connectivity index (χ0v) is 12.1. The average molecular weight is 286 g/mol. The van der Waals surface area contributed by atoms with Gasteiger partial charge in [0.2, 0.25) is 0 Å². The topological polar surface area (TPSA) is 90.1 Å². The summed E-state index contributed by atoms with van der Waals surface area (Å²) in [7, 11) is 1.58. The lowest BCUT2D eigenvalue weighted by molar-refractivity contribution is 0.0954. The van der Waals surface area contributed by atoms with Gasteiger partial charge in [-0.25, -0.2) is 9.97 Å². The molecule has 6 nitrogen and oxygen atoms in total. The first-order valence-electron chi connectivity index (χ1n) is 6.71. The van der Waals surface area contributed by atoms with Crippen LogP contribution in [0, 0.1) is 0 Å². The van der Waals surface area contributed by atoms with E-state index in [-0.39, 0.29) is 17.3 Å². The predicted octanol–water partition coefficient (Wildman–Crippen LogP) is 1.87. The van der Waals surface area contributed by atoms with E-state index in [0.29, 0.717) is 18.1 Å². The summed E-state index contributed by atoms with van der Waals surface area (Å²) in [6.45, 7) is 2.57. The summed E-state index contributed by atoms with van der Waals surface area (Å²) in [5, 5.41) is 2.75. The van der Waals surface area contributed by atoms with Crippen molar-refractivity contribution in [1.29, 1.82) is 0 Å². The van der Waals surface area contributed by atoms with Crippen LogP contribution < -0.4 is 15.8 Å². The van der Waals surface area contributed by atoms with E-state index >= 15 is 0 Å². The fourth-order valence-electron chi connectivity index (χ4n) is 1.86. The molecular weight excluding hydrogens is 268 g/mol. The third-order valence-corrected chi connectivity index (χ3v) is 2.95. The van der Waals surface area contributed by atoms with Crippen LogP contribution in [0.5, 0.6) is 5.75 Å². The molecule has 0 radical (unpaired) electrons. The molecule has 0 atom stereocenters. The minimum atomic E-state index is -0.263. The zero-order chi connectivity index (χ0) is 15.2. The number of para-hydroxylation sites is 1. The molecule has 0 bridgehead atoms. The number of nitrogen functional groups attached to an aromatic ring is 1. The number of carbonyl (C=O) groups is 1. The van der Waals surface area contributed by atoms with Gasteiger partial charge in [0.1, 0.15) is 11.6 Å². The molecule has 21 heavy (non-hydrogen) atoms. The monoisotopic (exact) mass is 286 g/mol. The second-order valence-electron chi connectivity index (χ2n) is 4.45. The molecule has 1 heterocycles. The molecule has 0 aliphatic heterocycles. The normalized spacial score (nSPS) is 10.2. The lowest BCUT2D eigenvalue weighted by Gasteiger charge is -2.09. The highest BCUT2D eigenvalue weighted by Gasteiger charge is 2.14. The summed E-state index contributed by atoms with van der Waals surface area (Å²) in [6, 6.07) is 7.37. The third-order valence-electron chi connectivity index (χ3n) is 2.95. The number of hydrogen-bond donors (Lipinski definition) is 2. The molecule has 0 saturated carbocycles. The van der Waals surface area contributed by atoms with Gasteiger partial charge in [-0.3, -0.25) is 4.79 Å². The first-order chi connectivity index (χ1) is 10.2. The van der Waals surface area contributed by atoms with Crippen LogP contribution in [-0.4, -0.2) is 29.5 Å². The van der Waals surface area contributed by atoms with Crippen molar-refractivity contribution in [1.82, 2.24) is 15.3 Å². The van der Waals surface area contributed by atoms with Crippen molar-refractivity contribution in [3.63, 3.8) is 0 Å². The maximum Gasteiger partial charge on any atom is 0.256 e. The Hall–Kier alpha value is -2.63. The number of ether oxygens (including phenoxy) is 1. The van der Waals surface area contributed by atoms with Crippen LogP contribution in [0.4, 0.5) is 5.82 Å². The van der Waals surface area contributed by atoms with Crippen LogP contribution in [0.2, 0.25) is 0 Å². The van der Waals surface area contributed by atoms with Crippen LogP contribution in [-0.2, 0) is 0 Å². The molecule has 0 aliphatic rings. The Morgan fingerprint density at radius 2 is 2.14 bits per heavy atom. The first kappa shape index (κ1) is 14.8. The number of rotatable bonds is 5. The Balaban J connectivity index is 2.33. The molecule has 2 aromatic rings.